The van der Waals surface area contributed by atoms with Crippen LogP contribution in [0.15, 0.2) is 48.5 Å². The summed E-state index contributed by atoms with van der Waals surface area (Å²) in [6, 6.07) is 17.1. The van der Waals surface area contributed by atoms with E-state index in [1.54, 1.807) is 0 Å². The first-order valence-electron chi connectivity index (χ1n) is 9.64. The van der Waals surface area contributed by atoms with Crippen molar-refractivity contribution in [2.75, 3.05) is 38.0 Å². The van der Waals surface area contributed by atoms with Crippen molar-refractivity contribution >= 4 is 17.2 Å². The molecular weight excluding hydrogens is 334 g/mol. The topological polar surface area (TPSA) is 35.6 Å². The van der Waals surface area contributed by atoms with Gasteiger partial charge in [0.05, 0.1) is 0 Å². The van der Waals surface area contributed by atoms with Crippen LogP contribution in [0.25, 0.3) is 0 Å². The lowest BCUT2D eigenvalue weighted by Crippen LogP contribution is -2.46. The van der Waals surface area contributed by atoms with Crippen molar-refractivity contribution in [3.8, 4) is 0 Å². The van der Waals surface area contributed by atoms with E-state index in [1.807, 2.05) is 42.0 Å². The standard InChI is InChI=1S/C23H31N3O/c1-15-21(17-7-11-19(12-8-17)25(3)4)24-22(16(2)23(15)27)18-9-13-20(14-10-18)26(5)6/h7-16,21-22,24H,1-6H3/t15-,16+,21+,22-. The first-order chi connectivity index (χ1) is 12.8. The Balaban J connectivity index is 1.89. The minimum atomic E-state index is -0.0393. The van der Waals surface area contributed by atoms with E-state index in [4.69, 9.17) is 0 Å². The highest BCUT2D eigenvalue weighted by atomic mass is 16.1. The fourth-order valence-electron chi connectivity index (χ4n) is 3.95. The van der Waals surface area contributed by atoms with Crippen LogP contribution in [-0.2, 0) is 4.79 Å². The smallest absolute Gasteiger partial charge is 0.142 e. The number of nitrogens with one attached hydrogen (secondary N) is 1. The van der Waals surface area contributed by atoms with E-state index in [2.05, 4.69) is 63.6 Å². The minimum absolute atomic E-state index is 0.0310. The van der Waals surface area contributed by atoms with Gasteiger partial charge in [0.25, 0.3) is 0 Å². The summed E-state index contributed by atoms with van der Waals surface area (Å²) in [5.41, 5.74) is 4.67. The molecule has 0 radical (unpaired) electrons. The third-order valence-electron chi connectivity index (χ3n) is 5.79. The lowest BCUT2D eigenvalue weighted by atomic mass is 9.76. The van der Waals surface area contributed by atoms with Crippen LogP contribution in [0.4, 0.5) is 11.4 Å². The Morgan fingerprint density at radius 1 is 0.667 bits per heavy atom. The van der Waals surface area contributed by atoms with Crippen molar-refractivity contribution in [1.82, 2.24) is 5.32 Å². The zero-order valence-electron chi connectivity index (χ0n) is 17.2. The summed E-state index contributed by atoms with van der Waals surface area (Å²) in [6.45, 7) is 4.09. The predicted octanol–water partition coefficient (Wildman–Crippen LogP) is 4.05. The molecule has 1 fully saturated rings. The van der Waals surface area contributed by atoms with Gasteiger partial charge in [-0.15, -0.1) is 0 Å². The van der Waals surface area contributed by atoms with E-state index >= 15 is 0 Å². The van der Waals surface area contributed by atoms with Crippen LogP contribution in [0.2, 0.25) is 0 Å². The highest BCUT2D eigenvalue weighted by Crippen LogP contribution is 2.38. The normalized spacial score (nSPS) is 25.3. The second kappa shape index (κ2) is 7.73. The molecule has 0 amide bonds. The van der Waals surface area contributed by atoms with E-state index in [9.17, 15) is 4.79 Å². The average molecular weight is 366 g/mol. The molecule has 144 valence electrons. The molecule has 0 aliphatic carbocycles. The summed E-state index contributed by atoms with van der Waals surface area (Å²) < 4.78 is 0. The molecule has 1 N–H and O–H groups in total. The van der Waals surface area contributed by atoms with E-state index in [-0.39, 0.29) is 23.9 Å². The Morgan fingerprint density at radius 3 is 1.30 bits per heavy atom. The molecule has 2 aromatic carbocycles. The molecule has 1 saturated heterocycles. The molecule has 4 atom stereocenters. The third-order valence-corrected chi connectivity index (χ3v) is 5.79. The van der Waals surface area contributed by atoms with Gasteiger partial charge in [0.2, 0.25) is 0 Å². The Morgan fingerprint density at radius 2 is 1.00 bits per heavy atom. The minimum Gasteiger partial charge on any atom is -0.378 e. The van der Waals surface area contributed by atoms with E-state index in [0.717, 1.165) is 11.4 Å². The summed E-state index contributed by atoms with van der Waals surface area (Å²) in [7, 11) is 8.15. The molecule has 0 unspecified atom stereocenters. The van der Waals surface area contributed by atoms with Crippen molar-refractivity contribution in [2.24, 2.45) is 11.8 Å². The van der Waals surface area contributed by atoms with Gasteiger partial charge in [0, 0.05) is 63.5 Å². The molecule has 2 aromatic rings. The lowest BCUT2D eigenvalue weighted by Gasteiger charge is -2.39. The molecule has 0 saturated carbocycles. The van der Waals surface area contributed by atoms with Crippen molar-refractivity contribution in [2.45, 2.75) is 25.9 Å². The number of nitrogens with zero attached hydrogens (tertiary/aromatic N) is 2. The van der Waals surface area contributed by atoms with Crippen LogP contribution in [0.3, 0.4) is 0 Å². The lowest BCUT2D eigenvalue weighted by molar-refractivity contribution is -0.130. The Hall–Kier alpha value is -2.33. The Bertz CT molecular complexity index is 715. The van der Waals surface area contributed by atoms with Crippen LogP contribution < -0.4 is 15.1 Å². The van der Waals surface area contributed by atoms with Gasteiger partial charge in [-0.05, 0) is 35.4 Å². The van der Waals surface area contributed by atoms with Gasteiger partial charge in [-0.3, -0.25) is 4.79 Å². The van der Waals surface area contributed by atoms with Crippen LogP contribution in [0.1, 0.15) is 37.1 Å². The monoisotopic (exact) mass is 365 g/mol. The van der Waals surface area contributed by atoms with Gasteiger partial charge < -0.3 is 15.1 Å². The number of Topliss-reactive ketones (excluding diaryl/α,β-unsaturated/α-hetero) is 1. The van der Waals surface area contributed by atoms with E-state index in [1.165, 1.54) is 11.1 Å². The number of anilines is 2. The molecule has 4 heteroatoms. The second-order valence-corrected chi connectivity index (χ2v) is 8.07. The molecule has 0 bridgehead atoms. The summed E-state index contributed by atoms with van der Waals surface area (Å²) in [5, 5.41) is 3.77. The first kappa shape index (κ1) is 19.4. The maximum Gasteiger partial charge on any atom is 0.142 e. The zero-order chi connectivity index (χ0) is 19.7. The summed E-state index contributed by atoms with van der Waals surface area (Å²) >= 11 is 0. The van der Waals surface area contributed by atoms with Gasteiger partial charge in [0.15, 0.2) is 0 Å². The molecule has 1 heterocycles. The third kappa shape index (κ3) is 3.86. The number of carbonyl (C=O) groups is 1. The SMILES string of the molecule is C[C@@H]1C(=O)[C@H](C)[C@@H](c2ccc(N(C)C)cc2)N[C@H]1c1ccc(N(C)C)cc1. The number of hydrogen-bond acceptors (Lipinski definition) is 4. The molecule has 27 heavy (non-hydrogen) atoms. The molecular formula is C23H31N3O. The van der Waals surface area contributed by atoms with Crippen LogP contribution in [0.5, 0.6) is 0 Å². The van der Waals surface area contributed by atoms with Crippen molar-refractivity contribution < 1.29 is 4.79 Å². The zero-order valence-corrected chi connectivity index (χ0v) is 17.2. The first-order valence-corrected chi connectivity index (χ1v) is 9.64. The molecule has 1 aliphatic heterocycles. The maximum absolute atomic E-state index is 13.0. The van der Waals surface area contributed by atoms with E-state index < -0.39 is 0 Å². The van der Waals surface area contributed by atoms with Gasteiger partial charge in [-0.1, -0.05) is 38.1 Å². The fourth-order valence-corrected chi connectivity index (χ4v) is 3.95. The summed E-state index contributed by atoms with van der Waals surface area (Å²) in [4.78, 5) is 17.2. The Labute approximate surface area is 163 Å². The van der Waals surface area contributed by atoms with Crippen LogP contribution in [-0.4, -0.2) is 34.0 Å². The fraction of sp³-hybridized carbons (Fsp3) is 0.435. The number of hydrogen-bond donors (Lipinski definition) is 1. The van der Waals surface area contributed by atoms with Crippen molar-refractivity contribution in [1.29, 1.82) is 0 Å². The summed E-state index contributed by atoms with van der Waals surface area (Å²) in [5.74, 6) is 0.252. The molecule has 0 spiro atoms. The maximum atomic E-state index is 13.0. The van der Waals surface area contributed by atoms with Gasteiger partial charge >= 0.3 is 0 Å². The number of carbonyl (C=O) groups excluding carboxylic acids is 1. The molecule has 0 aromatic heterocycles. The van der Waals surface area contributed by atoms with Crippen LogP contribution in [0, 0.1) is 11.8 Å². The van der Waals surface area contributed by atoms with Crippen LogP contribution >= 0.6 is 0 Å². The van der Waals surface area contributed by atoms with Gasteiger partial charge in [0.1, 0.15) is 5.78 Å². The largest absolute Gasteiger partial charge is 0.378 e. The predicted molar refractivity (Wildman–Crippen MR) is 113 cm³/mol. The van der Waals surface area contributed by atoms with Gasteiger partial charge in [-0.25, -0.2) is 0 Å². The summed E-state index contributed by atoms with van der Waals surface area (Å²) in [6.07, 6.45) is 0. The number of piperidine rings is 1. The molecule has 3 rings (SSSR count). The highest BCUT2D eigenvalue weighted by molar-refractivity contribution is 5.85. The highest BCUT2D eigenvalue weighted by Gasteiger charge is 2.40. The molecule has 4 nitrogen and oxygen atoms in total. The van der Waals surface area contributed by atoms with Crippen molar-refractivity contribution in [3.05, 3.63) is 59.7 Å². The quantitative estimate of drug-likeness (QED) is 0.887. The number of benzene rings is 2. The van der Waals surface area contributed by atoms with E-state index in [0.29, 0.717) is 5.78 Å². The van der Waals surface area contributed by atoms with Gasteiger partial charge in [-0.2, -0.15) is 0 Å². The second-order valence-electron chi connectivity index (χ2n) is 8.07. The van der Waals surface area contributed by atoms with Crippen molar-refractivity contribution in [3.63, 3.8) is 0 Å². The Kier molecular flexibility index (Phi) is 5.56. The average Bonchev–Trinajstić information content (AvgIpc) is 2.66. The molecule has 1 aliphatic rings. The number of rotatable bonds is 4. The number of ketones is 1.